The minimum Gasteiger partial charge on any atom is -0.473 e. The second-order valence-corrected chi connectivity index (χ2v) is 6.50. The van der Waals surface area contributed by atoms with E-state index in [1.165, 1.54) is 96.2 Å². The third-order valence-electron chi connectivity index (χ3n) is 4.31. The van der Waals surface area contributed by atoms with E-state index in [-0.39, 0.29) is 0 Å². The molecule has 0 rings (SSSR count). The molecule has 2 heteroatoms. The Morgan fingerprint density at radius 1 is 0.727 bits per heavy atom. The highest BCUT2D eigenvalue weighted by molar-refractivity contribution is 4.54. The fraction of sp³-hybridized carbons (Fsp3) is 0.900. The van der Waals surface area contributed by atoms with E-state index in [0.29, 0.717) is 0 Å². The van der Waals surface area contributed by atoms with Gasteiger partial charge < -0.3 is 9.84 Å². The van der Waals surface area contributed by atoms with Gasteiger partial charge in [0.05, 0.1) is 6.26 Å². The van der Waals surface area contributed by atoms with Crippen LogP contribution in [-0.4, -0.2) is 11.4 Å². The maximum absolute atomic E-state index is 9.36. The van der Waals surface area contributed by atoms with Gasteiger partial charge in [-0.3, -0.25) is 0 Å². The monoisotopic (exact) mass is 312 g/mol. The first-order valence-corrected chi connectivity index (χ1v) is 9.75. The van der Waals surface area contributed by atoms with Gasteiger partial charge in [0.1, 0.15) is 0 Å². The van der Waals surface area contributed by atoms with Crippen molar-refractivity contribution in [3.05, 3.63) is 12.8 Å². The number of hydrogen-bond acceptors (Lipinski definition) is 2. The zero-order chi connectivity index (χ0) is 16.3. The molecule has 1 unspecified atom stereocenters. The summed E-state index contributed by atoms with van der Waals surface area (Å²) in [7, 11) is 0. The van der Waals surface area contributed by atoms with E-state index in [9.17, 15) is 5.11 Å². The van der Waals surface area contributed by atoms with E-state index in [2.05, 4.69) is 13.5 Å². The van der Waals surface area contributed by atoms with Crippen molar-refractivity contribution in [2.24, 2.45) is 0 Å². The van der Waals surface area contributed by atoms with E-state index in [4.69, 9.17) is 4.74 Å². The number of ether oxygens (including phenoxy) is 1. The van der Waals surface area contributed by atoms with Crippen molar-refractivity contribution in [1.82, 2.24) is 0 Å². The lowest BCUT2D eigenvalue weighted by Gasteiger charge is -2.09. The molecule has 1 atom stereocenters. The summed E-state index contributed by atoms with van der Waals surface area (Å²) in [5.41, 5.74) is 0. The van der Waals surface area contributed by atoms with Crippen molar-refractivity contribution in [2.45, 2.75) is 116 Å². The van der Waals surface area contributed by atoms with Crippen molar-refractivity contribution in [2.75, 3.05) is 0 Å². The molecule has 0 heterocycles. The molecule has 0 aliphatic carbocycles. The van der Waals surface area contributed by atoms with Crippen LogP contribution in [0.1, 0.15) is 110 Å². The van der Waals surface area contributed by atoms with E-state index >= 15 is 0 Å². The molecule has 0 saturated carbocycles. The van der Waals surface area contributed by atoms with E-state index < -0.39 is 6.29 Å². The van der Waals surface area contributed by atoms with Gasteiger partial charge >= 0.3 is 0 Å². The maximum Gasteiger partial charge on any atom is 0.196 e. The molecule has 0 bridgehead atoms. The summed E-state index contributed by atoms with van der Waals surface area (Å²) in [6, 6.07) is 0. The van der Waals surface area contributed by atoms with Gasteiger partial charge in [0.2, 0.25) is 0 Å². The zero-order valence-electron chi connectivity index (χ0n) is 15.0. The lowest BCUT2D eigenvalue weighted by Crippen LogP contribution is -2.07. The number of aliphatic hydroxyl groups excluding tert-OH is 1. The molecule has 0 fully saturated rings. The molecule has 0 amide bonds. The van der Waals surface area contributed by atoms with Crippen LogP contribution in [0.5, 0.6) is 0 Å². The van der Waals surface area contributed by atoms with Crippen molar-refractivity contribution >= 4 is 0 Å². The SMILES string of the molecule is C=COC(O)CCCCCCCCCCCCCCCCC. The molecule has 0 radical (unpaired) electrons. The quantitative estimate of drug-likeness (QED) is 0.173. The van der Waals surface area contributed by atoms with Crippen LogP contribution in [0.15, 0.2) is 12.8 Å². The lowest BCUT2D eigenvalue weighted by molar-refractivity contribution is -0.0569. The second kappa shape index (κ2) is 18.5. The van der Waals surface area contributed by atoms with Gasteiger partial charge in [-0.15, -0.1) is 0 Å². The molecule has 0 aliphatic heterocycles. The van der Waals surface area contributed by atoms with Gasteiger partial charge in [-0.2, -0.15) is 0 Å². The summed E-state index contributed by atoms with van der Waals surface area (Å²) >= 11 is 0. The summed E-state index contributed by atoms with van der Waals surface area (Å²) in [6.45, 7) is 5.72. The Labute approximate surface area is 139 Å². The third-order valence-corrected chi connectivity index (χ3v) is 4.31. The van der Waals surface area contributed by atoms with Crippen LogP contribution >= 0.6 is 0 Å². The number of aliphatic hydroxyl groups is 1. The average Bonchev–Trinajstić information content (AvgIpc) is 2.51. The first kappa shape index (κ1) is 21.5. The van der Waals surface area contributed by atoms with Gasteiger partial charge in [0.25, 0.3) is 0 Å². The minimum absolute atomic E-state index is 0.653. The topological polar surface area (TPSA) is 29.5 Å². The fourth-order valence-electron chi connectivity index (χ4n) is 2.87. The summed E-state index contributed by atoms with van der Waals surface area (Å²) < 4.78 is 4.88. The molecular weight excluding hydrogens is 272 g/mol. The molecule has 0 saturated heterocycles. The maximum atomic E-state index is 9.36. The first-order valence-electron chi connectivity index (χ1n) is 9.75. The highest BCUT2D eigenvalue weighted by Crippen LogP contribution is 2.14. The van der Waals surface area contributed by atoms with Crippen LogP contribution in [0.25, 0.3) is 0 Å². The first-order chi connectivity index (χ1) is 10.8. The highest BCUT2D eigenvalue weighted by Gasteiger charge is 2.01. The molecule has 1 N–H and O–H groups in total. The van der Waals surface area contributed by atoms with E-state index in [0.717, 1.165) is 12.8 Å². The van der Waals surface area contributed by atoms with Crippen molar-refractivity contribution in [3.8, 4) is 0 Å². The molecule has 0 spiro atoms. The van der Waals surface area contributed by atoms with Crippen LogP contribution in [0.3, 0.4) is 0 Å². The van der Waals surface area contributed by atoms with Gasteiger partial charge in [-0.25, -0.2) is 0 Å². The van der Waals surface area contributed by atoms with Crippen molar-refractivity contribution in [1.29, 1.82) is 0 Å². The molecule has 2 nitrogen and oxygen atoms in total. The summed E-state index contributed by atoms with van der Waals surface area (Å²) in [5, 5.41) is 9.36. The van der Waals surface area contributed by atoms with Crippen LogP contribution < -0.4 is 0 Å². The molecule has 0 aromatic heterocycles. The molecule has 22 heavy (non-hydrogen) atoms. The Kier molecular flexibility index (Phi) is 18.1. The Balaban J connectivity index is 3.01. The second-order valence-electron chi connectivity index (χ2n) is 6.50. The average molecular weight is 313 g/mol. The smallest absolute Gasteiger partial charge is 0.196 e. The number of rotatable bonds is 18. The Bertz CT molecular complexity index is 216. The standard InChI is InChI=1S/C20H40O2/c1-3-5-6-7-8-9-10-11-12-13-14-15-16-17-18-19-20(21)22-4-2/h4,20-21H,2-3,5-19H2,1H3. The summed E-state index contributed by atoms with van der Waals surface area (Å²) in [5.74, 6) is 0. The van der Waals surface area contributed by atoms with Crippen LogP contribution in [0.4, 0.5) is 0 Å². The van der Waals surface area contributed by atoms with Gasteiger partial charge in [0.15, 0.2) is 6.29 Å². The van der Waals surface area contributed by atoms with Crippen LogP contribution in [-0.2, 0) is 4.74 Å². The van der Waals surface area contributed by atoms with Crippen LogP contribution in [0.2, 0.25) is 0 Å². The lowest BCUT2D eigenvalue weighted by atomic mass is 10.0. The molecular formula is C20H40O2. The zero-order valence-corrected chi connectivity index (χ0v) is 15.0. The normalized spacial score (nSPS) is 12.3. The molecule has 0 aromatic carbocycles. The van der Waals surface area contributed by atoms with E-state index in [1.54, 1.807) is 0 Å². The highest BCUT2D eigenvalue weighted by atomic mass is 16.6. The van der Waals surface area contributed by atoms with Crippen LogP contribution in [0, 0.1) is 0 Å². The van der Waals surface area contributed by atoms with Gasteiger partial charge in [0, 0.05) is 6.42 Å². The van der Waals surface area contributed by atoms with Gasteiger partial charge in [-0.05, 0) is 6.42 Å². The Hall–Kier alpha value is -0.500. The predicted octanol–water partition coefficient (Wildman–Crippen LogP) is 6.73. The Morgan fingerprint density at radius 3 is 1.45 bits per heavy atom. The third kappa shape index (κ3) is 17.6. The predicted molar refractivity (Wildman–Crippen MR) is 96.8 cm³/mol. The minimum atomic E-state index is -0.653. The largest absolute Gasteiger partial charge is 0.473 e. The summed E-state index contributed by atoms with van der Waals surface area (Å²) in [4.78, 5) is 0. The number of unbranched alkanes of at least 4 members (excludes halogenated alkanes) is 14. The fourth-order valence-corrected chi connectivity index (χ4v) is 2.87. The summed E-state index contributed by atoms with van der Waals surface area (Å²) in [6.07, 6.45) is 21.9. The van der Waals surface area contributed by atoms with Crippen molar-refractivity contribution < 1.29 is 9.84 Å². The molecule has 132 valence electrons. The van der Waals surface area contributed by atoms with E-state index in [1.807, 2.05) is 0 Å². The Morgan fingerprint density at radius 2 is 1.09 bits per heavy atom. The molecule has 0 aromatic rings. The van der Waals surface area contributed by atoms with Gasteiger partial charge in [-0.1, -0.05) is 103 Å². The van der Waals surface area contributed by atoms with Crippen molar-refractivity contribution in [3.63, 3.8) is 0 Å². The molecule has 0 aliphatic rings. The number of hydrogen-bond donors (Lipinski definition) is 1.